The first-order valence-corrected chi connectivity index (χ1v) is 6.96. The molecule has 0 fully saturated rings. The highest BCUT2D eigenvalue weighted by Crippen LogP contribution is 2.14. The van der Waals surface area contributed by atoms with Crippen molar-refractivity contribution in [3.05, 3.63) is 42.5 Å². The molecule has 6 heteroatoms. The molecule has 0 radical (unpaired) electrons. The zero-order chi connectivity index (χ0) is 12.3. The van der Waals surface area contributed by atoms with Gasteiger partial charge in [-0.15, -0.1) is 0 Å². The average molecular weight is 251 g/mol. The van der Waals surface area contributed by atoms with Gasteiger partial charge in [0.25, 0.3) is 0 Å². The Morgan fingerprint density at radius 3 is 2.53 bits per heavy atom. The number of nitrogens with zero attached hydrogens (tertiary/aromatic N) is 1. The van der Waals surface area contributed by atoms with Crippen molar-refractivity contribution in [2.45, 2.75) is 11.4 Å². The number of aromatic amines is 1. The molecule has 5 nitrogen and oxygen atoms in total. The van der Waals surface area contributed by atoms with E-state index in [1.165, 1.54) is 6.26 Å². The maximum absolute atomic E-state index is 11.3. The molecule has 0 amide bonds. The lowest BCUT2D eigenvalue weighted by molar-refractivity contribution is 0.602. The first-order valence-electron chi connectivity index (χ1n) is 5.07. The number of benzene rings is 1. The Balaban J connectivity index is 2.04. The molecule has 0 aliphatic carbocycles. The zero-order valence-corrected chi connectivity index (χ0v) is 10.2. The molecule has 90 valence electrons. The van der Waals surface area contributed by atoms with Gasteiger partial charge < -0.3 is 10.3 Å². The first-order chi connectivity index (χ1) is 8.05. The van der Waals surface area contributed by atoms with Crippen molar-refractivity contribution < 1.29 is 8.42 Å². The Kier molecular flexibility index (Phi) is 3.14. The normalized spacial score (nSPS) is 11.4. The Morgan fingerprint density at radius 1 is 1.29 bits per heavy atom. The van der Waals surface area contributed by atoms with Crippen molar-refractivity contribution in [3.63, 3.8) is 0 Å². The maximum atomic E-state index is 11.3. The molecule has 0 unspecified atom stereocenters. The lowest BCUT2D eigenvalue weighted by Gasteiger charge is -2.05. The molecule has 2 aromatic rings. The van der Waals surface area contributed by atoms with Crippen molar-refractivity contribution in [3.8, 4) is 0 Å². The minimum atomic E-state index is -3.12. The fourth-order valence-electron chi connectivity index (χ4n) is 1.40. The van der Waals surface area contributed by atoms with E-state index in [9.17, 15) is 8.42 Å². The van der Waals surface area contributed by atoms with E-state index in [4.69, 9.17) is 0 Å². The average Bonchev–Trinajstić information content (AvgIpc) is 2.78. The number of imidazole rings is 1. The van der Waals surface area contributed by atoms with Crippen molar-refractivity contribution in [2.24, 2.45) is 0 Å². The third kappa shape index (κ3) is 3.07. The summed E-state index contributed by atoms with van der Waals surface area (Å²) in [7, 11) is -3.12. The molecule has 0 bridgehead atoms. The predicted octanol–water partition coefficient (Wildman–Crippen LogP) is 1.43. The zero-order valence-electron chi connectivity index (χ0n) is 9.34. The summed E-state index contributed by atoms with van der Waals surface area (Å²) in [6.45, 7) is 0.623. The molecule has 2 rings (SSSR count). The third-order valence-corrected chi connectivity index (χ3v) is 3.45. The largest absolute Gasteiger partial charge is 0.379 e. The van der Waals surface area contributed by atoms with Crippen LogP contribution in [0.15, 0.2) is 41.7 Å². The van der Waals surface area contributed by atoms with Gasteiger partial charge in [-0.3, -0.25) is 0 Å². The summed E-state index contributed by atoms with van der Waals surface area (Å²) in [5.41, 5.74) is 1.84. The van der Waals surface area contributed by atoms with Crippen LogP contribution in [0.1, 0.15) is 5.69 Å². The molecule has 17 heavy (non-hydrogen) atoms. The van der Waals surface area contributed by atoms with Gasteiger partial charge in [-0.25, -0.2) is 13.4 Å². The molecule has 0 atom stereocenters. The lowest BCUT2D eigenvalue weighted by atomic mass is 10.3. The van der Waals surface area contributed by atoms with E-state index < -0.39 is 9.84 Å². The van der Waals surface area contributed by atoms with Crippen molar-refractivity contribution in [2.75, 3.05) is 11.6 Å². The summed E-state index contributed by atoms with van der Waals surface area (Å²) in [5.74, 6) is 0. The van der Waals surface area contributed by atoms with Crippen LogP contribution in [-0.4, -0.2) is 24.6 Å². The highest BCUT2D eigenvalue weighted by molar-refractivity contribution is 7.90. The van der Waals surface area contributed by atoms with Gasteiger partial charge in [0.2, 0.25) is 0 Å². The smallest absolute Gasteiger partial charge is 0.175 e. The maximum Gasteiger partial charge on any atom is 0.175 e. The highest BCUT2D eigenvalue weighted by atomic mass is 32.2. The Bertz CT molecular complexity index is 574. The van der Waals surface area contributed by atoms with Gasteiger partial charge >= 0.3 is 0 Å². The van der Waals surface area contributed by atoms with E-state index in [0.717, 1.165) is 11.4 Å². The van der Waals surface area contributed by atoms with Crippen LogP contribution in [0.5, 0.6) is 0 Å². The van der Waals surface area contributed by atoms with Gasteiger partial charge in [0.1, 0.15) is 0 Å². The molecular formula is C11H13N3O2S. The third-order valence-electron chi connectivity index (χ3n) is 2.32. The van der Waals surface area contributed by atoms with E-state index in [1.807, 2.05) is 0 Å². The summed E-state index contributed by atoms with van der Waals surface area (Å²) in [6, 6.07) is 6.66. The number of anilines is 1. The summed E-state index contributed by atoms with van der Waals surface area (Å²) < 4.78 is 22.5. The minimum absolute atomic E-state index is 0.324. The Labute approximate surface area is 99.8 Å². The molecule has 2 N–H and O–H groups in total. The molecule has 0 aliphatic heterocycles. The number of sulfone groups is 1. The molecule has 0 saturated heterocycles. The summed E-state index contributed by atoms with van der Waals surface area (Å²) in [6.07, 6.45) is 4.54. The van der Waals surface area contributed by atoms with Crippen LogP contribution in [0.4, 0.5) is 5.69 Å². The molecule has 1 aromatic heterocycles. The Hall–Kier alpha value is -1.82. The van der Waals surface area contributed by atoms with Gasteiger partial charge in [0.15, 0.2) is 9.84 Å². The topological polar surface area (TPSA) is 74.8 Å². The van der Waals surface area contributed by atoms with Crippen LogP contribution < -0.4 is 5.32 Å². The van der Waals surface area contributed by atoms with Crippen LogP contribution in [0, 0.1) is 0 Å². The molecule has 1 aromatic carbocycles. The van der Waals surface area contributed by atoms with E-state index >= 15 is 0 Å². The van der Waals surface area contributed by atoms with E-state index in [1.54, 1.807) is 36.8 Å². The fraction of sp³-hybridized carbons (Fsp3) is 0.182. The molecule has 0 saturated carbocycles. The van der Waals surface area contributed by atoms with Crippen LogP contribution in [-0.2, 0) is 16.4 Å². The predicted molar refractivity (Wildman–Crippen MR) is 65.5 cm³/mol. The monoisotopic (exact) mass is 251 g/mol. The van der Waals surface area contributed by atoms with E-state index in [2.05, 4.69) is 15.3 Å². The SMILES string of the molecule is CS(=O)(=O)c1ccc(NCc2cnc[nH]2)cc1. The lowest BCUT2D eigenvalue weighted by Crippen LogP contribution is -2.01. The molecule has 0 aliphatic rings. The number of nitrogens with one attached hydrogen (secondary N) is 2. The van der Waals surface area contributed by atoms with Gasteiger partial charge in [-0.05, 0) is 24.3 Å². The first kappa shape index (κ1) is 11.7. The van der Waals surface area contributed by atoms with Gasteiger partial charge in [0, 0.05) is 18.1 Å². The van der Waals surface area contributed by atoms with Crippen LogP contribution in [0.25, 0.3) is 0 Å². The van der Waals surface area contributed by atoms with Crippen LogP contribution in [0.3, 0.4) is 0 Å². The Morgan fingerprint density at radius 2 is 2.00 bits per heavy atom. The quantitative estimate of drug-likeness (QED) is 0.862. The fourth-order valence-corrected chi connectivity index (χ4v) is 2.03. The van der Waals surface area contributed by atoms with Gasteiger partial charge in [-0.1, -0.05) is 0 Å². The number of aromatic nitrogens is 2. The van der Waals surface area contributed by atoms with Gasteiger partial charge in [-0.2, -0.15) is 0 Å². The highest BCUT2D eigenvalue weighted by Gasteiger charge is 2.05. The summed E-state index contributed by atoms with van der Waals surface area (Å²) >= 11 is 0. The minimum Gasteiger partial charge on any atom is -0.379 e. The second-order valence-electron chi connectivity index (χ2n) is 3.73. The number of hydrogen-bond donors (Lipinski definition) is 2. The second kappa shape index (κ2) is 4.58. The number of rotatable bonds is 4. The van der Waals surface area contributed by atoms with Gasteiger partial charge in [0.05, 0.1) is 23.5 Å². The van der Waals surface area contributed by atoms with E-state index in [0.29, 0.717) is 11.4 Å². The van der Waals surface area contributed by atoms with Crippen molar-refractivity contribution >= 4 is 15.5 Å². The molecular weight excluding hydrogens is 238 g/mol. The summed E-state index contributed by atoms with van der Waals surface area (Å²) in [4.78, 5) is 7.20. The second-order valence-corrected chi connectivity index (χ2v) is 5.74. The number of H-pyrrole nitrogens is 1. The van der Waals surface area contributed by atoms with Crippen molar-refractivity contribution in [1.29, 1.82) is 0 Å². The van der Waals surface area contributed by atoms with E-state index in [-0.39, 0.29) is 0 Å². The van der Waals surface area contributed by atoms with Crippen LogP contribution in [0.2, 0.25) is 0 Å². The summed E-state index contributed by atoms with van der Waals surface area (Å²) in [5, 5.41) is 3.16. The number of hydrogen-bond acceptors (Lipinski definition) is 4. The van der Waals surface area contributed by atoms with Crippen molar-refractivity contribution in [1.82, 2.24) is 9.97 Å². The van der Waals surface area contributed by atoms with Crippen LogP contribution >= 0.6 is 0 Å². The molecule has 1 heterocycles. The standard InChI is InChI=1S/C11H13N3O2S/c1-17(15,16)11-4-2-9(3-5-11)13-7-10-6-12-8-14-10/h2-6,8,13H,7H2,1H3,(H,12,14). The molecule has 0 spiro atoms.